The van der Waals surface area contributed by atoms with Gasteiger partial charge in [-0.25, -0.2) is 4.79 Å². The molecule has 1 rings (SSSR count). The lowest BCUT2D eigenvalue weighted by Gasteiger charge is -2.06. The topological polar surface area (TPSA) is 83.2 Å². The van der Waals surface area contributed by atoms with Crippen LogP contribution in [0.1, 0.15) is 28.5 Å². The lowest BCUT2D eigenvalue weighted by Crippen LogP contribution is -2.08. The highest BCUT2D eigenvalue weighted by molar-refractivity contribution is 5.92. The van der Waals surface area contributed by atoms with Crippen LogP contribution in [-0.4, -0.2) is 22.7 Å². The third-order valence-corrected chi connectivity index (χ3v) is 1.84. The number of carbonyl (C=O) groups is 1. The summed E-state index contributed by atoms with van der Waals surface area (Å²) < 4.78 is 4.72. The average Bonchev–Trinajstić information content (AvgIpc) is 2.22. The quantitative estimate of drug-likeness (QED) is 0.733. The van der Waals surface area contributed by atoms with E-state index in [2.05, 4.69) is 4.98 Å². The molecule has 0 amide bonds. The summed E-state index contributed by atoms with van der Waals surface area (Å²) in [5.74, 6) is -0.931. The van der Waals surface area contributed by atoms with Gasteiger partial charge in [0.1, 0.15) is 11.6 Å². The van der Waals surface area contributed by atoms with E-state index in [1.54, 1.807) is 19.9 Å². The van der Waals surface area contributed by atoms with Gasteiger partial charge in [-0.05, 0) is 13.8 Å². The zero-order valence-electron chi connectivity index (χ0n) is 8.44. The van der Waals surface area contributed by atoms with Crippen LogP contribution in [0.2, 0.25) is 0 Å². The average molecular weight is 206 g/mol. The number of ether oxygens (including phenoxy) is 1. The van der Waals surface area contributed by atoms with Crippen molar-refractivity contribution in [3.8, 4) is 11.8 Å². The summed E-state index contributed by atoms with van der Waals surface area (Å²) in [6, 6.07) is 1.75. The van der Waals surface area contributed by atoms with Gasteiger partial charge in [-0.3, -0.25) is 4.98 Å². The van der Waals surface area contributed by atoms with E-state index in [9.17, 15) is 9.90 Å². The van der Waals surface area contributed by atoms with Crippen LogP contribution in [0.5, 0.6) is 5.75 Å². The third kappa shape index (κ3) is 2.05. The molecular weight excluding hydrogens is 196 g/mol. The summed E-state index contributed by atoms with van der Waals surface area (Å²) >= 11 is 0. The fourth-order valence-electron chi connectivity index (χ4n) is 1.07. The highest BCUT2D eigenvalue weighted by Crippen LogP contribution is 2.22. The maximum absolute atomic E-state index is 11.4. The van der Waals surface area contributed by atoms with Crippen LogP contribution in [0, 0.1) is 18.3 Å². The largest absolute Gasteiger partial charge is 0.505 e. The van der Waals surface area contributed by atoms with Gasteiger partial charge in [0.05, 0.1) is 17.9 Å². The van der Waals surface area contributed by atoms with Gasteiger partial charge in [-0.15, -0.1) is 0 Å². The number of carbonyl (C=O) groups excluding carboxylic acids is 1. The highest BCUT2D eigenvalue weighted by atomic mass is 16.5. The molecule has 5 nitrogen and oxygen atoms in total. The maximum Gasteiger partial charge on any atom is 0.341 e. The molecule has 1 aromatic rings. The third-order valence-electron chi connectivity index (χ3n) is 1.84. The number of rotatable bonds is 2. The lowest BCUT2D eigenvalue weighted by molar-refractivity contribution is 0.0525. The Morgan fingerprint density at radius 3 is 2.93 bits per heavy atom. The second kappa shape index (κ2) is 4.42. The van der Waals surface area contributed by atoms with E-state index in [0.717, 1.165) is 0 Å². The van der Waals surface area contributed by atoms with Crippen molar-refractivity contribution >= 4 is 5.97 Å². The second-order valence-corrected chi connectivity index (χ2v) is 2.81. The van der Waals surface area contributed by atoms with Gasteiger partial charge in [-0.2, -0.15) is 5.26 Å². The molecule has 0 atom stereocenters. The van der Waals surface area contributed by atoms with E-state index in [4.69, 9.17) is 10.00 Å². The van der Waals surface area contributed by atoms with E-state index < -0.39 is 5.97 Å². The minimum Gasteiger partial charge on any atom is -0.505 e. The molecular formula is C10H10N2O3. The Bertz CT molecular complexity index is 435. The molecule has 78 valence electrons. The predicted octanol–water partition coefficient (Wildman–Crippen LogP) is 1.14. The minimum atomic E-state index is -0.656. The fraction of sp³-hybridized carbons (Fsp3) is 0.300. The minimum absolute atomic E-state index is 0.0116. The number of aryl methyl sites for hydroxylation is 1. The number of nitrogens with zero attached hydrogens (tertiary/aromatic N) is 2. The molecule has 15 heavy (non-hydrogen) atoms. The Kier molecular flexibility index (Phi) is 3.24. The Balaban J connectivity index is 3.26. The van der Waals surface area contributed by atoms with Gasteiger partial charge in [0.2, 0.25) is 0 Å². The van der Waals surface area contributed by atoms with Crippen LogP contribution in [-0.2, 0) is 4.74 Å². The molecule has 1 aromatic heterocycles. The van der Waals surface area contributed by atoms with Crippen LogP contribution >= 0.6 is 0 Å². The first-order valence-corrected chi connectivity index (χ1v) is 4.37. The van der Waals surface area contributed by atoms with Crippen LogP contribution in [0.25, 0.3) is 0 Å². The number of esters is 1. The summed E-state index contributed by atoms with van der Waals surface area (Å²) in [5, 5.41) is 18.3. The monoisotopic (exact) mass is 206 g/mol. The maximum atomic E-state index is 11.4. The highest BCUT2D eigenvalue weighted by Gasteiger charge is 2.18. The van der Waals surface area contributed by atoms with E-state index in [1.165, 1.54) is 6.20 Å². The van der Waals surface area contributed by atoms with E-state index in [1.807, 2.05) is 0 Å². The lowest BCUT2D eigenvalue weighted by atomic mass is 10.1. The second-order valence-electron chi connectivity index (χ2n) is 2.81. The molecule has 0 unspecified atom stereocenters. The van der Waals surface area contributed by atoms with Crippen LogP contribution in [0.3, 0.4) is 0 Å². The fourth-order valence-corrected chi connectivity index (χ4v) is 1.07. The number of hydrogen-bond donors (Lipinski definition) is 1. The van der Waals surface area contributed by atoms with Gasteiger partial charge in [0, 0.05) is 6.20 Å². The zero-order valence-corrected chi connectivity index (χ0v) is 8.44. The summed E-state index contributed by atoms with van der Waals surface area (Å²) in [5.41, 5.74) is 0.197. The number of hydrogen-bond acceptors (Lipinski definition) is 5. The molecule has 1 N–H and O–H groups in total. The van der Waals surface area contributed by atoms with Gasteiger partial charge in [0.15, 0.2) is 5.75 Å². The van der Waals surface area contributed by atoms with Crippen molar-refractivity contribution in [2.45, 2.75) is 13.8 Å². The molecule has 0 fully saturated rings. The zero-order chi connectivity index (χ0) is 11.4. The van der Waals surface area contributed by atoms with Crippen molar-refractivity contribution in [1.29, 1.82) is 5.26 Å². The first kappa shape index (κ1) is 11.0. The SMILES string of the molecule is CCOC(=O)c1cnc(C)c(O)c1C#N. The van der Waals surface area contributed by atoms with E-state index in [-0.39, 0.29) is 23.5 Å². The first-order chi connectivity index (χ1) is 7.11. The van der Waals surface area contributed by atoms with Crippen molar-refractivity contribution in [2.24, 2.45) is 0 Å². The Hall–Kier alpha value is -2.09. The van der Waals surface area contributed by atoms with E-state index in [0.29, 0.717) is 5.69 Å². The Morgan fingerprint density at radius 1 is 1.73 bits per heavy atom. The predicted molar refractivity (Wildman–Crippen MR) is 51.3 cm³/mol. The number of nitriles is 1. The van der Waals surface area contributed by atoms with Gasteiger partial charge >= 0.3 is 5.97 Å². The standard InChI is InChI=1S/C10H10N2O3/c1-3-15-10(14)8-5-12-6(2)9(13)7(8)4-11/h5,13H,3H2,1-2H3. The molecule has 0 aromatic carbocycles. The van der Waals surface area contributed by atoms with Gasteiger partial charge in [0.25, 0.3) is 0 Å². The molecule has 0 radical (unpaired) electrons. The number of pyridine rings is 1. The molecule has 0 saturated heterocycles. The smallest absolute Gasteiger partial charge is 0.341 e. The van der Waals surface area contributed by atoms with Crippen LogP contribution in [0.4, 0.5) is 0 Å². The molecule has 0 spiro atoms. The van der Waals surface area contributed by atoms with Crippen molar-refractivity contribution < 1.29 is 14.6 Å². The number of aromatic hydroxyl groups is 1. The molecule has 0 aliphatic rings. The van der Waals surface area contributed by atoms with Gasteiger partial charge < -0.3 is 9.84 Å². The molecule has 0 bridgehead atoms. The van der Waals surface area contributed by atoms with Crippen LogP contribution in [0.15, 0.2) is 6.20 Å². The first-order valence-electron chi connectivity index (χ1n) is 4.37. The van der Waals surface area contributed by atoms with Crippen molar-refractivity contribution in [3.63, 3.8) is 0 Å². The van der Waals surface area contributed by atoms with Gasteiger partial charge in [-0.1, -0.05) is 0 Å². The number of aromatic nitrogens is 1. The molecule has 1 heterocycles. The van der Waals surface area contributed by atoms with E-state index >= 15 is 0 Å². The Morgan fingerprint density at radius 2 is 2.40 bits per heavy atom. The van der Waals surface area contributed by atoms with Crippen molar-refractivity contribution in [2.75, 3.05) is 6.61 Å². The van der Waals surface area contributed by atoms with Crippen molar-refractivity contribution in [3.05, 3.63) is 23.0 Å². The summed E-state index contributed by atoms with van der Waals surface area (Å²) in [6.45, 7) is 3.41. The van der Waals surface area contributed by atoms with Crippen molar-refractivity contribution in [1.82, 2.24) is 4.98 Å². The Labute approximate surface area is 86.9 Å². The molecule has 0 saturated carbocycles. The molecule has 0 aliphatic carbocycles. The summed E-state index contributed by atoms with van der Waals surface area (Å²) in [6.07, 6.45) is 1.23. The summed E-state index contributed by atoms with van der Waals surface area (Å²) in [7, 11) is 0. The molecule has 5 heteroatoms. The molecule has 0 aliphatic heterocycles. The normalized spacial score (nSPS) is 9.40. The van der Waals surface area contributed by atoms with Crippen LogP contribution < -0.4 is 0 Å². The summed E-state index contributed by atoms with van der Waals surface area (Å²) in [4.78, 5) is 15.2.